The molecule has 0 atom stereocenters. The Morgan fingerprint density at radius 3 is 2.62 bits per heavy atom. The summed E-state index contributed by atoms with van der Waals surface area (Å²) >= 11 is 0. The summed E-state index contributed by atoms with van der Waals surface area (Å²) in [6.07, 6.45) is 3.67. The van der Waals surface area contributed by atoms with Crippen molar-refractivity contribution in [1.82, 2.24) is 20.3 Å². The van der Waals surface area contributed by atoms with Crippen LogP contribution in [0.4, 0.5) is 16.2 Å². The van der Waals surface area contributed by atoms with E-state index in [4.69, 9.17) is 0 Å². The van der Waals surface area contributed by atoms with E-state index in [0.717, 1.165) is 18.0 Å². The fraction of sp³-hybridized carbons (Fsp3) is 0.273. The number of rotatable bonds is 5. The summed E-state index contributed by atoms with van der Waals surface area (Å²) in [7, 11) is -3.16. The molecule has 0 spiro atoms. The number of benzene rings is 1. The smallest absolute Gasteiger partial charge is 0.251 e. The van der Waals surface area contributed by atoms with Crippen molar-refractivity contribution >= 4 is 27.5 Å². The molecule has 0 radical (unpaired) electrons. The van der Waals surface area contributed by atoms with E-state index in [0.29, 0.717) is 29.1 Å². The Kier molecular flexibility index (Phi) is 5.41. The van der Waals surface area contributed by atoms with Gasteiger partial charge in [-0.3, -0.25) is 4.79 Å². The van der Waals surface area contributed by atoms with Crippen molar-refractivity contribution in [3.05, 3.63) is 65.2 Å². The molecule has 2 N–H and O–H groups in total. The third-order valence-corrected chi connectivity index (χ3v) is 6.05. The van der Waals surface area contributed by atoms with Crippen LogP contribution in [0.2, 0.25) is 0 Å². The number of nitrogens with zero attached hydrogens (tertiary/aromatic N) is 3. The first-order chi connectivity index (χ1) is 15.0. The maximum absolute atomic E-state index is 14.6. The van der Waals surface area contributed by atoms with Crippen molar-refractivity contribution in [3.63, 3.8) is 0 Å². The van der Waals surface area contributed by atoms with Gasteiger partial charge in [-0.1, -0.05) is 26.0 Å². The maximum atomic E-state index is 14.6. The molecule has 1 aromatic carbocycles. The third-order valence-electron chi connectivity index (χ3n) is 5.20. The van der Waals surface area contributed by atoms with Crippen LogP contribution < -0.4 is 10.6 Å². The zero-order chi connectivity index (χ0) is 23.1. The van der Waals surface area contributed by atoms with Gasteiger partial charge in [0.05, 0.1) is 11.9 Å². The second-order valence-electron chi connectivity index (χ2n) is 8.46. The number of carbonyl (C=O) groups is 1. The van der Waals surface area contributed by atoms with Gasteiger partial charge in [0.25, 0.3) is 5.91 Å². The summed E-state index contributed by atoms with van der Waals surface area (Å²) in [6, 6.07) is 8.37. The van der Waals surface area contributed by atoms with Crippen molar-refractivity contribution in [1.29, 1.82) is 0 Å². The average molecular weight is 456 g/mol. The molecule has 3 heterocycles. The number of aromatic nitrogens is 3. The Hall–Kier alpha value is -3.40. The molecular weight excluding hydrogens is 433 g/mol. The van der Waals surface area contributed by atoms with Gasteiger partial charge >= 0.3 is 0 Å². The largest absolute Gasteiger partial charge is 0.351 e. The lowest BCUT2D eigenvalue weighted by molar-refractivity contribution is 0.0930. The molecule has 3 aromatic rings. The summed E-state index contributed by atoms with van der Waals surface area (Å²) in [6.45, 7) is 4.51. The van der Waals surface area contributed by atoms with Crippen molar-refractivity contribution in [2.75, 3.05) is 18.1 Å². The minimum atomic E-state index is -3.16. The van der Waals surface area contributed by atoms with Crippen LogP contribution in [0, 0.1) is 5.82 Å². The van der Waals surface area contributed by atoms with Gasteiger partial charge in [0.2, 0.25) is 5.95 Å². The molecule has 1 aliphatic rings. The minimum Gasteiger partial charge on any atom is -0.351 e. The third kappa shape index (κ3) is 4.59. The number of pyridine rings is 1. The zero-order valence-electron chi connectivity index (χ0n) is 17.8. The zero-order valence-corrected chi connectivity index (χ0v) is 18.6. The van der Waals surface area contributed by atoms with Gasteiger partial charge in [-0.25, -0.2) is 27.8 Å². The second kappa shape index (κ2) is 7.94. The Balaban J connectivity index is 1.63. The lowest BCUT2D eigenvalue weighted by Crippen LogP contribution is -2.43. The number of hydrogen-bond acceptors (Lipinski definition) is 7. The van der Waals surface area contributed by atoms with Gasteiger partial charge in [-0.2, -0.15) is 0 Å². The molecule has 0 fully saturated rings. The molecule has 1 aliphatic heterocycles. The highest BCUT2D eigenvalue weighted by molar-refractivity contribution is 7.89. The quantitative estimate of drug-likeness (QED) is 0.608. The van der Waals surface area contributed by atoms with Crippen LogP contribution in [0.5, 0.6) is 0 Å². The van der Waals surface area contributed by atoms with Crippen LogP contribution in [-0.4, -0.2) is 42.1 Å². The summed E-state index contributed by atoms with van der Waals surface area (Å²) in [4.78, 5) is 24.6. The van der Waals surface area contributed by atoms with Gasteiger partial charge < -0.3 is 10.6 Å². The van der Waals surface area contributed by atoms with Crippen LogP contribution in [0.25, 0.3) is 11.3 Å². The van der Waals surface area contributed by atoms with Gasteiger partial charge in [0.1, 0.15) is 11.5 Å². The first-order valence-electron chi connectivity index (χ1n) is 9.87. The molecule has 0 bridgehead atoms. The molecule has 32 heavy (non-hydrogen) atoms. The second-order valence-corrected chi connectivity index (χ2v) is 10.6. The molecule has 0 unspecified atom stereocenters. The van der Waals surface area contributed by atoms with E-state index in [2.05, 4.69) is 25.6 Å². The first-order valence-corrected chi connectivity index (χ1v) is 11.9. The first kappa shape index (κ1) is 21.8. The Labute approximate surface area is 185 Å². The van der Waals surface area contributed by atoms with E-state index in [1.807, 2.05) is 13.8 Å². The molecular formula is C22H22FN5O3S. The Bertz CT molecular complexity index is 1310. The van der Waals surface area contributed by atoms with E-state index in [1.54, 1.807) is 30.3 Å². The van der Waals surface area contributed by atoms with Crippen LogP contribution in [0.15, 0.2) is 42.7 Å². The molecule has 10 heteroatoms. The number of anilines is 2. The summed E-state index contributed by atoms with van der Waals surface area (Å²) in [5.41, 5.74) is 2.28. The maximum Gasteiger partial charge on any atom is 0.251 e. The number of sulfone groups is 1. The number of amides is 1. The Morgan fingerprint density at radius 1 is 1.16 bits per heavy atom. The molecule has 8 nitrogen and oxygen atoms in total. The van der Waals surface area contributed by atoms with Crippen LogP contribution in [-0.2, 0) is 21.0 Å². The summed E-state index contributed by atoms with van der Waals surface area (Å²) in [5.74, 6) is -0.321. The van der Waals surface area contributed by atoms with Crippen LogP contribution >= 0.6 is 0 Å². The van der Waals surface area contributed by atoms with Crippen LogP contribution in [0.1, 0.15) is 35.3 Å². The number of carbonyl (C=O) groups excluding carboxylic acids is 1. The average Bonchev–Trinajstić information content (AvgIpc) is 2.73. The Morgan fingerprint density at radius 2 is 1.94 bits per heavy atom. The van der Waals surface area contributed by atoms with Crippen LogP contribution in [0.3, 0.4) is 0 Å². The summed E-state index contributed by atoms with van der Waals surface area (Å²) < 4.78 is 37.4. The number of fused-ring (bicyclic) bond motifs is 1. The van der Waals surface area contributed by atoms with Crippen molar-refractivity contribution in [2.45, 2.75) is 25.0 Å². The monoisotopic (exact) mass is 455 g/mol. The standard InChI is InChI=1S/C22H22FN5O3S/c1-22(2)12-26-20(29)15-6-5-14(8-16(15)22)19-17(23)10-25-21(28-19)27-18-7-4-13(9-24-18)11-32(3,30)31/h4-10H,11-12H2,1-3H3,(H,26,29)(H,24,25,27,28). The fourth-order valence-corrected chi connectivity index (χ4v) is 4.35. The van der Waals surface area contributed by atoms with E-state index in [1.165, 1.54) is 6.20 Å². The van der Waals surface area contributed by atoms with Gasteiger partial charge in [0, 0.05) is 35.5 Å². The summed E-state index contributed by atoms with van der Waals surface area (Å²) in [5, 5.41) is 5.77. The predicted octanol–water partition coefficient (Wildman–Crippen LogP) is 2.99. The molecule has 0 saturated carbocycles. The molecule has 0 aliphatic carbocycles. The number of hydrogen-bond donors (Lipinski definition) is 2. The van der Waals surface area contributed by atoms with E-state index < -0.39 is 15.7 Å². The highest BCUT2D eigenvalue weighted by Crippen LogP contribution is 2.33. The van der Waals surface area contributed by atoms with E-state index >= 15 is 0 Å². The van der Waals surface area contributed by atoms with Crippen molar-refractivity contribution in [2.24, 2.45) is 0 Å². The van der Waals surface area contributed by atoms with Crippen molar-refractivity contribution in [3.8, 4) is 11.3 Å². The molecule has 2 aromatic heterocycles. The fourth-order valence-electron chi connectivity index (χ4n) is 3.57. The lowest BCUT2D eigenvalue weighted by atomic mass is 9.78. The SMILES string of the molecule is CC1(C)CNC(=O)c2ccc(-c3nc(Nc4ccc(CS(C)(=O)=O)cn4)ncc3F)cc21. The van der Waals surface area contributed by atoms with Gasteiger partial charge in [0.15, 0.2) is 15.7 Å². The molecule has 1 amide bonds. The minimum absolute atomic E-state index is 0.0979. The normalized spacial score (nSPS) is 15.1. The number of halogens is 1. The number of nitrogens with one attached hydrogen (secondary N) is 2. The van der Waals surface area contributed by atoms with E-state index in [-0.39, 0.29) is 28.7 Å². The molecule has 166 valence electrons. The van der Waals surface area contributed by atoms with Crippen molar-refractivity contribution < 1.29 is 17.6 Å². The molecule has 0 saturated heterocycles. The van der Waals surface area contributed by atoms with Gasteiger partial charge in [-0.05, 0) is 29.3 Å². The molecule has 4 rings (SSSR count). The van der Waals surface area contributed by atoms with Gasteiger partial charge in [-0.15, -0.1) is 0 Å². The highest BCUT2D eigenvalue weighted by atomic mass is 32.2. The van der Waals surface area contributed by atoms with E-state index in [9.17, 15) is 17.6 Å². The predicted molar refractivity (Wildman–Crippen MR) is 119 cm³/mol. The topological polar surface area (TPSA) is 114 Å². The lowest BCUT2D eigenvalue weighted by Gasteiger charge is -2.32. The highest BCUT2D eigenvalue weighted by Gasteiger charge is 2.32.